The van der Waals surface area contributed by atoms with Gasteiger partial charge in [0.05, 0.1) is 12.5 Å². The number of rotatable bonds is 32. The zero-order valence-corrected chi connectivity index (χ0v) is 38.6. The van der Waals surface area contributed by atoms with Gasteiger partial charge in [0.25, 0.3) is 0 Å². The summed E-state index contributed by atoms with van der Waals surface area (Å²) in [6.07, 6.45) is 9.89. The topological polar surface area (TPSA) is 289 Å². The standard InChI is InChI=1S/C48H73N7O10/c1-32(56)41(45(62)55-42(48(2,3)4)46(63)52-35(43(50)60)29-33-23-17-15-18-24-33)54-40(59)28-22-14-12-10-8-6-5-7-9-11-13-21-27-39(58)51-36(31-38(49)57)44(61)53-37(47(64)65)30-34-25-19-16-20-26-34/h15-20,23-26,32,35-37,41-42,56H,5-14,21-22,27-31H2,1-4H3,(H2,49,57)(H2,50,60)(H,51,58)(H,52,63)(H,53,61)(H,54,59)(H,55,62)(H,64,65)/t32?,35-,36-,37-,41-,42+/m0/s1. The molecule has 7 amide bonds. The summed E-state index contributed by atoms with van der Waals surface area (Å²) in [7, 11) is 0. The van der Waals surface area contributed by atoms with E-state index >= 15 is 0 Å². The van der Waals surface area contributed by atoms with Crippen molar-refractivity contribution < 1.29 is 48.6 Å². The first-order chi connectivity index (χ1) is 30.8. The lowest BCUT2D eigenvalue weighted by atomic mass is 9.85. The third kappa shape index (κ3) is 23.1. The average molecular weight is 908 g/mol. The van der Waals surface area contributed by atoms with Gasteiger partial charge in [0.1, 0.15) is 30.2 Å². The third-order valence-electron chi connectivity index (χ3n) is 11.0. The summed E-state index contributed by atoms with van der Waals surface area (Å²) in [6, 6.07) is 11.9. The van der Waals surface area contributed by atoms with E-state index in [1.165, 1.54) is 6.92 Å². The second-order valence-corrected chi connectivity index (χ2v) is 17.9. The van der Waals surface area contributed by atoms with Crippen LogP contribution in [-0.4, -0.2) is 93.8 Å². The van der Waals surface area contributed by atoms with Gasteiger partial charge in [-0.05, 0) is 36.3 Å². The van der Waals surface area contributed by atoms with Crippen molar-refractivity contribution in [3.05, 3.63) is 71.8 Å². The van der Waals surface area contributed by atoms with Gasteiger partial charge < -0.3 is 48.3 Å². The van der Waals surface area contributed by atoms with Gasteiger partial charge in [-0.2, -0.15) is 0 Å². The Morgan fingerprint density at radius 1 is 0.538 bits per heavy atom. The molecule has 17 nitrogen and oxygen atoms in total. The number of hydrogen-bond donors (Lipinski definition) is 9. The molecule has 0 aliphatic carbocycles. The van der Waals surface area contributed by atoms with E-state index < -0.39 is 89.6 Å². The zero-order valence-electron chi connectivity index (χ0n) is 38.6. The van der Waals surface area contributed by atoms with Gasteiger partial charge in [0, 0.05) is 25.7 Å². The average Bonchev–Trinajstić information content (AvgIpc) is 3.23. The molecule has 0 radical (unpaired) electrons. The van der Waals surface area contributed by atoms with Crippen LogP contribution >= 0.6 is 0 Å². The van der Waals surface area contributed by atoms with E-state index in [1.807, 2.05) is 30.3 Å². The summed E-state index contributed by atoms with van der Waals surface area (Å²) in [4.78, 5) is 101. The number of carbonyl (C=O) groups excluding carboxylic acids is 7. The molecule has 65 heavy (non-hydrogen) atoms. The number of aliphatic carboxylic acids is 1. The maximum atomic E-state index is 13.4. The van der Waals surface area contributed by atoms with Crippen molar-refractivity contribution in [3.8, 4) is 0 Å². The van der Waals surface area contributed by atoms with Crippen LogP contribution in [-0.2, 0) is 51.2 Å². The number of benzene rings is 2. The van der Waals surface area contributed by atoms with E-state index in [9.17, 15) is 48.6 Å². The molecule has 2 aromatic rings. The van der Waals surface area contributed by atoms with Gasteiger partial charge >= 0.3 is 5.97 Å². The highest BCUT2D eigenvalue weighted by Gasteiger charge is 2.37. The molecule has 0 aliphatic heterocycles. The summed E-state index contributed by atoms with van der Waals surface area (Å²) in [5.41, 5.74) is 11.6. The first kappa shape index (κ1) is 55.3. The van der Waals surface area contributed by atoms with Crippen LogP contribution in [0, 0.1) is 5.41 Å². The van der Waals surface area contributed by atoms with Crippen molar-refractivity contribution in [2.75, 3.05) is 0 Å². The minimum absolute atomic E-state index is 0.0338. The molecule has 1 unspecified atom stereocenters. The predicted octanol–water partition coefficient (Wildman–Crippen LogP) is 3.23. The monoisotopic (exact) mass is 908 g/mol. The van der Waals surface area contributed by atoms with Crippen molar-refractivity contribution in [1.82, 2.24) is 26.6 Å². The smallest absolute Gasteiger partial charge is 0.326 e. The fraction of sp³-hybridized carbons (Fsp3) is 0.583. The van der Waals surface area contributed by atoms with Gasteiger partial charge in [-0.15, -0.1) is 0 Å². The van der Waals surface area contributed by atoms with Gasteiger partial charge in [0.15, 0.2) is 0 Å². The predicted molar refractivity (Wildman–Crippen MR) is 246 cm³/mol. The van der Waals surface area contributed by atoms with E-state index in [-0.39, 0.29) is 31.6 Å². The third-order valence-corrected chi connectivity index (χ3v) is 11.0. The lowest BCUT2D eigenvalue weighted by Gasteiger charge is -2.33. The molecular weight excluding hydrogens is 835 g/mol. The Kier molecular flexibility index (Phi) is 25.2. The molecule has 0 aliphatic rings. The fourth-order valence-corrected chi connectivity index (χ4v) is 7.22. The first-order valence-electron chi connectivity index (χ1n) is 22.8. The number of carboxylic acid groups (broad SMARTS) is 1. The van der Waals surface area contributed by atoms with Crippen LogP contribution in [0.1, 0.15) is 135 Å². The van der Waals surface area contributed by atoms with Crippen LogP contribution in [0.15, 0.2) is 60.7 Å². The second kappa shape index (κ2) is 29.6. The molecule has 0 aromatic heterocycles. The number of aliphatic hydroxyl groups is 1. The molecule has 17 heteroatoms. The van der Waals surface area contributed by atoms with Gasteiger partial charge in [-0.3, -0.25) is 33.6 Å². The summed E-state index contributed by atoms with van der Waals surface area (Å²) in [5.74, 6) is -5.71. The van der Waals surface area contributed by atoms with E-state index in [4.69, 9.17) is 11.5 Å². The van der Waals surface area contributed by atoms with Crippen molar-refractivity contribution in [2.45, 2.75) is 173 Å². The summed E-state index contributed by atoms with van der Waals surface area (Å²) >= 11 is 0. The van der Waals surface area contributed by atoms with E-state index in [1.54, 1.807) is 51.1 Å². The molecule has 2 rings (SSSR count). The maximum absolute atomic E-state index is 13.4. The van der Waals surface area contributed by atoms with Gasteiger partial charge in [-0.1, -0.05) is 146 Å². The second-order valence-electron chi connectivity index (χ2n) is 17.9. The molecule has 0 bridgehead atoms. The zero-order chi connectivity index (χ0) is 48.4. The number of nitrogens with two attached hydrogens (primary N) is 2. The highest BCUT2D eigenvalue weighted by Crippen LogP contribution is 2.21. The molecule has 360 valence electrons. The minimum Gasteiger partial charge on any atom is -0.480 e. The Balaban J connectivity index is 1.62. The SMILES string of the molecule is CC(O)[C@H](NC(=O)CCCCCCCCCCCCCCC(=O)N[C@@H](CC(N)=O)C(=O)N[C@@H](Cc1ccccc1)C(=O)O)C(=O)N[C@H](C(=O)N[C@@H](Cc1ccccc1)C(N)=O)C(C)(C)C. The Morgan fingerprint density at radius 3 is 1.35 bits per heavy atom. The molecule has 6 atom stereocenters. The number of aliphatic hydroxyl groups excluding tert-OH is 1. The van der Waals surface area contributed by atoms with Crippen molar-refractivity contribution >= 4 is 47.3 Å². The summed E-state index contributed by atoms with van der Waals surface area (Å²) in [5, 5.41) is 32.9. The van der Waals surface area contributed by atoms with E-state index in [2.05, 4.69) is 26.6 Å². The van der Waals surface area contributed by atoms with Crippen molar-refractivity contribution in [2.24, 2.45) is 16.9 Å². The number of unbranched alkanes of at least 4 members (excludes halogenated alkanes) is 11. The van der Waals surface area contributed by atoms with E-state index in [0.29, 0.717) is 18.4 Å². The quantitative estimate of drug-likeness (QED) is 0.0483. The van der Waals surface area contributed by atoms with Gasteiger partial charge in [-0.25, -0.2) is 4.79 Å². The number of carboxylic acids is 1. The molecule has 0 fully saturated rings. The van der Waals surface area contributed by atoms with E-state index in [0.717, 1.165) is 69.8 Å². The summed E-state index contributed by atoms with van der Waals surface area (Å²) in [6.45, 7) is 6.62. The Bertz CT molecular complexity index is 1820. The van der Waals surface area contributed by atoms with Crippen LogP contribution < -0.4 is 38.1 Å². The number of amides is 7. The summed E-state index contributed by atoms with van der Waals surface area (Å²) < 4.78 is 0. The van der Waals surface area contributed by atoms with Crippen LogP contribution in [0.4, 0.5) is 0 Å². The Labute approximate surface area is 383 Å². The molecule has 0 spiro atoms. The first-order valence-corrected chi connectivity index (χ1v) is 22.8. The van der Waals surface area contributed by atoms with Crippen LogP contribution in [0.5, 0.6) is 0 Å². The fourth-order valence-electron chi connectivity index (χ4n) is 7.22. The molecule has 0 saturated carbocycles. The molecule has 2 aromatic carbocycles. The maximum Gasteiger partial charge on any atom is 0.326 e. The largest absolute Gasteiger partial charge is 0.480 e. The normalized spacial score (nSPS) is 14.0. The molecule has 11 N–H and O–H groups in total. The van der Waals surface area contributed by atoms with Crippen molar-refractivity contribution in [3.63, 3.8) is 0 Å². The minimum atomic E-state index is -1.30. The number of carbonyl (C=O) groups is 8. The Hall–Kier alpha value is -5.84. The van der Waals surface area contributed by atoms with Crippen molar-refractivity contribution in [1.29, 1.82) is 0 Å². The van der Waals surface area contributed by atoms with Crippen LogP contribution in [0.2, 0.25) is 0 Å². The molecule has 0 saturated heterocycles. The highest BCUT2D eigenvalue weighted by atomic mass is 16.4. The number of hydrogen-bond acceptors (Lipinski definition) is 9. The van der Waals surface area contributed by atoms with Crippen LogP contribution in [0.3, 0.4) is 0 Å². The van der Waals surface area contributed by atoms with Gasteiger partial charge in [0.2, 0.25) is 41.4 Å². The Morgan fingerprint density at radius 2 is 0.954 bits per heavy atom. The highest BCUT2D eigenvalue weighted by molar-refractivity contribution is 5.95. The van der Waals surface area contributed by atoms with Crippen LogP contribution in [0.25, 0.3) is 0 Å². The number of primary amides is 2. The molecular formula is C48H73N7O10. The number of nitrogens with one attached hydrogen (secondary N) is 5. The molecule has 0 heterocycles. The lowest BCUT2D eigenvalue weighted by molar-refractivity contribution is -0.142. The lowest BCUT2D eigenvalue weighted by Crippen LogP contribution is -2.61.